The molecule has 1 fully saturated rings. The molecule has 1 atom stereocenters. The van der Waals surface area contributed by atoms with E-state index >= 15 is 0 Å². The molecule has 0 spiro atoms. The van der Waals surface area contributed by atoms with Crippen LogP contribution in [0.1, 0.15) is 38.2 Å². The lowest BCUT2D eigenvalue weighted by atomic mass is 9.72. The Morgan fingerprint density at radius 1 is 1.24 bits per heavy atom. The van der Waals surface area contributed by atoms with Crippen LogP contribution in [0.5, 0.6) is 0 Å². The summed E-state index contributed by atoms with van der Waals surface area (Å²) >= 11 is 12.0. The van der Waals surface area contributed by atoms with Gasteiger partial charge >= 0.3 is 0 Å². The lowest BCUT2D eigenvalue weighted by molar-refractivity contribution is -0.0382. The normalized spacial score (nSPS) is 27.9. The number of likely N-dealkylation sites (N-methyl/N-ethyl adjacent to an activating group) is 1. The number of hydrogen-bond acceptors (Lipinski definition) is 2. The zero-order valence-corrected chi connectivity index (χ0v) is 14.6. The van der Waals surface area contributed by atoms with Crippen LogP contribution < -0.4 is 0 Å². The Balaban J connectivity index is 2.15. The van der Waals surface area contributed by atoms with Crippen molar-refractivity contribution in [1.29, 1.82) is 0 Å². The molecule has 0 aliphatic heterocycles. The van der Waals surface area contributed by atoms with Crippen molar-refractivity contribution in [3.8, 4) is 0 Å². The smallest absolute Gasteiger partial charge is 0.0763 e. The van der Waals surface area contributed by atoms with Crippen molar-refractivity contribution in [2.45, 2.75) is 50.7 Å². The van der Waals surface area contributed by atoms with Crippen LogP contribution in [0.3, 0.4) is 0 Å². The van der Waals surface area contributed by atoms with E-state index in [1.165, 1.54) is 12.8 Å². The third-order valence-corrected chi connectivity index (χ3v) is 5.80. The summed E-state index contributed by atoms with van der Waals surface area (Å²) in [5.41, 5.74) is 0.912. The SMILES string of the molecule is CC1CCC(C(O)Cc2ccc(Cl)c(Cl)c2)(N(C)C)CC1. The van der Waals surface area contributed by atoms with E-state index in [4.69, 9.17) is 23.2 Å². The minimum absolute atomic E-state index is 0.126. The molecule has 1 aromatic carbocycles. The monoisotopic (exact) mass is 329 g/mol. The maximum atomic E-state index is 10.9. The third kappa shape index (κ3) is 3.73. The van der Waals surface area contributed by atoms with E-state index in [1.807, 2.05) is 12.1 Å². The van der Waals surface area contributed by atoms with Gasteiger partial charge in [-0.15, -0.1) is 0 Å². The summed E-state index contributed by atoms with van der Waals surface area (Å²) in [7, 11) is 4.15. The summed E-state index contributed by atoms with van der Waals surface area (Å²) in [4.78, 5) is 2.21. The first-order chi connectivity index (χ1) is 9.85. The summed E-state index contributed by atoms with van der Waals surface area (Å²) in [6, 6.07) is 5.62. The average Bonchev–Trinajstić information content (AvgIpc) is 2.43. The molecule has 4 heteroatoms. The Hall–Kier alpha value is -0.280. The number of hydrogen-bond donors (Lipinski definition) is 1. The van der Waals surface area contributed by atoms with Crippen LogP contribution in [0, 0.1) is 5.92 Å². The summed E-state index contributed by atoms with van der Waals surface area (Å²) in [5.74, 6) is 0.759. The minimum atomic E-state index is -0.391. The second-order valence-corrected chi connectivity index (χ2v) is 7.46. The predicted molar refractivity (Wildman–Crippen MR) is 90.2 cm³/mol. The van der Waals surface area contributed by atoms with E-state index in [0.717, 1.165) is 24.3 Å². The second-order valence-electron chi connectivity index (χ2n) is 6.65. The Kier molecular flexibility index (Phi) is 5.59. The van der Waals surface area contributed by atoms with Gasteiger partial charge in [-0.2, -0.15) is 0 Å². The first-order valence-electron chi connectivity index (χ1n) is 7.64. The number of benzene rings is 1. The molecule has 0 heterocycles. The molecule has 1 N–H and O–H groups in total. The van der Waals surface area contributed by atoms with Crippen LogP contribution in [-0.4, -0.2) is 35.7 Å². The standard InChI is InChI=1S/C17H25Cl2NO/c1-12-6-8-17(9-7-12,20(2)3)16(21)11-13-4-5-14(18)15(19)10-13/h4-5,10,12,16,21H,6-9,11H2,1-3H3. The highest BCUT2D eigenvalue weighted by Gasteiger charge is 2.42. The molecule has 0 amide bonds. The zero-order chi connectivity index (χ0) is 15.6. The van der Waals surface area contributed by atoms with Crippen molar-refractivity contribution in [2.24, 2.45) is 5.92 Å². The van der Waals surface area contributed by atoms with Gasteiger partial charge < -0.3 is 10.0 Å². The van der Waals surface area contributed by atoms with Crippen LogP contribution in [-0.2, 0) is 6.42 Å². The highest BCUT2D eigenvalue weighted by atomic mass is 35.5. The first-order valence-corrected chi connectivity index (χ1v) is 8.40. The van der Waals surface area contributed by atoms with Crippen LogP contribution in [0.4, 0.5) is 0 Å². The highest BCUT2D eigenvalue weighted by molar-refractivity contribution is 6.42. The summed E-state index contributed by atoms with van der Waals surface area (Å²) in [6.07, 6.45) is 4.67. The summed E-state index contributed by atoms with van der Waals surface area (Å²) in [5, 5.41) is 12.0. The molecule has 1 saturated carbocycles. The fourth-order valence-corrected chi connectivity index (χ4v) is 3.74. The number of aliphatic hydroxyl groups excluding tert-OH is 1. The van der Waals surface area contributed by atoms with Crippen molar-refractivity contribution in [3.05, 3.63) is 33.8 Å². The molecule has 0 radical (unpaired) electrons. The van der Waals surface area contributed by atoms with Crippen molar-refractivity contribution >= 4 is 23.2 Å². The van der Waals surface area contributed by atoms with E-state index in [0.29, 0.717) is 16.5 Å². The lowest BCUT2D eigenvalue weighted by Gasteiger charge is -2.47. The van der Waals surface area contributed by atoms with Crippen LogP contribution in [0.2, 0.25) is 10.0 Å². The molecule has 0 saturated heterocycles. The van der Waals surface area contributed by atoms with Gasteiger partial charge in [0, 0.05) is 12.0 Å². The maximum Gasteiger partial charge on any atom is 0.0763 e. The van der Waals surface area contributed by atoms with E-state index in [9.17, 15) is 5.11 Å². The van der Waals surface area contributed by atoms with E-state index in [1.54, 1.807) is 6.07 Å². The maximum absolute atomic E-state index is 10.9. The number of rotatable bonds is 4. The van der Waals surface area contributed by atoms with Crippen LogP contribution >= 0.6 is 23.2 Å². The Morgan fingerprint density at radius 2 is 1.86 bits per heavy atom. The molecule has 1 unspecified atom stereocenters. The molecular formula is C17H25Cl2NO. The molecule has 21 heavy (non-hydrogen) atoms. The minimum Gasteiger partial charge on any atom is -0.391 e. The largest absolute Gasteiger partial charge is 0.391 e. The van der Waals surface area contributed by atoms with Crippen LogP contribution in [0.25, 0.3) is 0 Å². The Morgan fingerprint density at radius 3 is 2.38 bits per heavy atom. The topological polar surface area (TPSA) is 23.5 Å². The zero-order valence-electron chi connectivity index (χ0n) is 13.1. The van der Waals surface area contributed by atoms with Gasteiger partial charge in [0.25, 0.3) is 0 Å². The first kappa shape index (κ1) is 17.1. The average molecular weight is 330 g/mol. The van der Waals surface area contributed by atoms with Gasteiger partial charge in [0.15, 0.2) is 0 Å². The Bertz CT molecular complexity index is 482. The van der Waals surface area contributed by atoms with Crippen molar-refractivity contribution < 1.29 is 5.11 Å². The summed E-state index contributed by atoms with van der Waals surface area (Å²) in [6.45, 7) is 2.30. The Labute approximate surface area is 138 Å². The fraction of sp³-hybridized carbons (Fsp3) is 0.647. The molecule has 1 aliphatic rings. The number of aliphatic hydroxyl groups is 1. The van der Waals surface area contributed by atoms with Crippen molar-refractivity contribution in [1.82, 2.24) is 4.90 Å². The molecule has 1 aromatic rings. The predicted octanol–water partition coefficient (Wildman–Crippen LogP) is 4.41. The molecule has 2 rings (SSSR count). The lowest BCUT2D eigenvalue weighted by Crippen LogP contribution is -2.56. The molecule has 2 nitrogen and oxygen atoms in total. The second kappa shape index (κ2) is 6.87. The van der Waals surface area contributed by atoms with Crippen molar-refractivity contribution in [3.63, 3.8) is 0 Å². The van der Waals surface area contributed by atoms with E-state index in [2.05, 4.69) is 25.9 Å². The summed E-state index contributed by atoms with van der Waals surface area (Å²) < 4.78 is 0. The number of halogens is 2. The molecule has 0 bridgehead atoms. The molecular weight excluding hydrogens is 305 g/mol. The van der Waals surface area contributed by atoms with Gasteiger partial charge in [0.2, 0.25) is 0 Å². The van der Waals surface area contributed by atoms with E-state index in [-0.39, 0.29) is 5.54 Å². The van der Waals surface area contributed by atoms with Crippen LogP contribution in [0.15, 0.2) is 18.2 Å². The fourth-order valence-electron chi connectivity index (χ4n) is 3.42. The van der Waals surface area contributed by atoms with Gasteiger partial charge in [-0.05, 0) is 63.4 Å². The van der Waals surface area contributed by atoms with E-state index < -0.39 is 6.10 Å². The third-order valence-electron chi connectivity index (χ3n) is 5.06. The molecule has 118 valence electrons. The van der Waals surface area contributed by atoms with Gasteiger partial charge in [-0.1, -0.05) is 36.2 Å². The van der Waals surface area contributed by atoms with Gasteiger partial charge in [-0.25, -0.2) is 0 Å². The molecule has 1 aliphatic carbocycles. The quantitative estimate of drug-likeness (QED) is 0.884. The van der Waals surface area contributed by atoms with Gasteiger partial charge in [0.1, 0.15) is 0 Å². The van der Waals surface area contributed by atoms with Gasteiger partial charge in [0.05, 0.1) is 16.1 Å². The highest BCUT2D eigenvalue weighted by Crippen LogP contribution is 2.39. The van der Waals surface area contributed by atoms with Crippen molar-refractivity contribution in [2.75, 3.05) is 14.1 Å². The number of nitrogens with zero attached hydrogens (tertiary/aromatic N) is 1. The van der Waals surface area contributed by atoms with Gasteiger partial charge in [-0.3, -0.25) is 0 Å². The molecule has 0 aromatic heterocycles.